The average molecular weight is 166 g/mol. The molecule has 1 atom stereocenters. The molecule has 0 radical (unpaired) electrons. The Balaban J connectivity index is 2.25. The van der Waals surface area contributed by atoms with Crippen LogP contribution in [-0.2, 0) is 4.79 Å². The Morgan fingerprint density at radius 2 is 2.50 bits per heavy atom. The largest absolute Gasteiger partial charge is 0.274 e. The smallest absolute Gasteiger partial charge is 0.236 e. The molecule has 12 heavy (non-hydrogen) atoms. The molecule has 1 amide bonds. The van der Waals surface area contributed by atoms with E-state index in [4.69, 9.17) is 0 Å². The summed E-state index contributed by atoms with van der Waals surface area (Å²) in [5.74, 6) is 0.388. The van der Waals surface area contributed by atoms with Gasteiger partial charge in [0.15, 0.2) is 0 Å². The van der Waals surface area contributed by atoms with Crippen LogP contribution in [0.5, 0.6) is 0 Å². The van der Waals surface area contributed by atoms with Crippen LogP contribution in [0.2, 0.25) is 0 Å². The molecule has 0 saturated heterocycles. The van der Waals surface area contributed by atoms with Crippen LogP contribution in [0.1, 0.15) is 26.2 Å². The Labute approximate surface area is 72.5 Å². The van der Waals surface area contributed by atoms with Crippen molar-refractivity contribution in [2.24, 2.45) is 11.0 Å². The van der Waals surface area contributed by atoms with Gasteiger partial charge in [-0.3, -0.25) is 4.79 Å². The van der Waals surface area contributed by atoms with E-state index in [2.05, 4.69) is 22.7 Å². The SMILES string of the molecule is CC(=O)N/N=C/C1CC=CCC1. The first kappa shape index (κ1) is 8.97. The van der Waals surface area contributed by atoms with E-state index in [1.165, 1.54) is 6.92 Å². The fourth-order valence-electron chi connectivity index (χ4n) is 1.19. The number of carbonyl (C=O) groups excluding carboxylic acids is 1. The van der Waals surface area contributed by atoms with Gasteiger partial charge in [0, 0.05) is 13.1 Å². The highest BCUT2D eigenvalue weighted by Crippen LogP contribution is 2.15. The molecule has 0 heterocycles. The van der Waals surface area contributed by atoms with Gasteiger partial charge in [-0.2, -0.15) is 5.10 Å². The minimum atomic E-state index is -0.113. The van der Waals surface area contributed by atoms with E-state index in [9.17, 15) is 4.79 Å². The zero-order valence-corrected chi connectivity index (χ0v) is 7.29. The minimum Gasteiger partial charge on any atom is -0.274 e. The lowest BCUT2D eigenvalue weighted by Crippen LogP contribution is -2.14. The van der Waals surface area contributed by atoms with Crippen molar-refractivity contribution in [1.82, 2.24) is 5.43 Å². The third-order valence-electron chi connectivity index (χ3n) is 1.82. The second-order valence-electron chi connectivity index (χ2n) is 2.99. The lowest BCUT2D eigenvalue weighted by atomic mass is 9.96. The summed E-state index contributed by atoms with van der Waals surface area (Å²) in [6, 6.07) is 0. The van der Waals surface area contributed by atoms with E-state index in [-0.39, 0.29) is 5.91 Å². The van der Waals surface area contributed by atoms with Crippen molar-refractivity contribution in [2.45, 2.75) is 26.2 Å². The van der Waals surface area contributed by atoms with Crippen LogP contribution < -0.4 is 5.43 Å². The van der Waals surface area contributed by atoms with E-state index >= 15 is 0 Å². The van der Waals surface area contributed by atoms with Crippen LogP contribution in [0.15, 0.2) is 17.3 Å². The van der Waals surface area contributed by atoms with Gasteiger partial charge in [-0.05, 0) is 25.2 Å². The van der Waals surface area contributed by atoms with Crippen LogP contribution in [0, 0.1) is 5.92 Å². The summed E-state index contributed by atoms with van der Waals surface area (Å²) in [5.41, 5.74) is 2.40. The van der Waals surface area contributed by atoms with Crippen molar-refractivity contribution in [2.75, 3.05) is 0 Å². The molecule has 3 heteroatoms. The first-order valence-corrected chi connectivity index (χ1v) is 4.24. The number of nitrogens with one attached hydrogen (secondary N) is 1. The second kappa shape index (κ2) is 4.70. The van der Waals surface area contributed by atoms with E-state index in [1.54, 1.807) is 0 Å². The van der Waals surface area contributed by atoms with Gasteiger partial charge in [0.05, 0.1) is 0 Å². The second-order valence-corrected chi connectivity index (χ2v) is 2.99. The lowest BCUT2D eigenvalue weighted by molar-refractivity contribution is -0.118. The molecule has 0 aromatic heterocycles. The van der Waals surface area contributed by atoms with Gasteiger partial charge in [-0.15, -0.1) is 0 Å². The standard InChI is InChI=1S/C9H14N2O/c1-8(12)11-10-7-9-5-3-2-4-6-9/h2-3,7,9H,4-6H2,1H3,(H,11,12)/b10-7+. The highest BCUT2D eigenvalue weighted by atomic mass is 16.2. The molecule has 0 aromatic rings. The van der Waals surface area contributed by atoms with Crippen molar-refractivity contribution in [3.63, 3.8) is 0 Å². The maximum absolute atomic E-state index is 10.4. The Kier molecular flexibility index (Phi) is 3.51. The minimum absolute atomic E-state index is 0.113. The zero-order valence-electron chi connectivity index (χ0n) is 7.29. The quantitative estimate of drug-likeness (QED) is 0.376. The number of rotatable bonds is 2. The van der Waals surface area contributed by atoms with Crippen LogP contribution in [0.25, 0.3) is 0 Å². The van der Waals surface area contributed by atoms with Crippen LogP contribution in [0.4, 0.5) is 0 Å². The molecule has 0 saturated carbocycles. The van der Waals surface area contributed by atoms with Crippen molar-refractivity contribution < 1.29 is 4.79 Å². The lowest BCUT2D eigenvalue weighted by Gasteiger charge is -2.11. The van der Waals surface area contributed by atoms with Gasteiger partial charge in [0.2, 0.25) is 5.91 Å². The summed E-state index contributed by atoms with van der Waals surface area (Å²) in [7, 11) is 0. The molecule has 1 N–H and O–H groups in total. The molecule has 66 valence electrons. The Hall–Kier alpha value is -1.12. The number of hydrogen-bond donors (Lipinski definition) is 1. The molecule has 1 aliphatic rings. The Morgan fingerprint density at radius 1 is 1.67 bits per heavy atom. The molecule has 0 aliphatic heterocycles. The summed E-state index contributed by atoms with van der Waals surface area (Å²) >= 11 is 0. The molecular formula is C9H14N2O. The van der Waals surface area contributed by atoms with Crippen molar-refractivity contribution >= 4 is 12.1 Å². The predicted octanol–water partition coefficient (Wildman–Crippen LogP) is 1.46. The number of hydrogen-bond acceptors (Lipinski definition) is 2. The molecule has 3 nitrogen and oxygen atoms in total. The molecule has 1 unspecified atom stereocenters. The average Bonchev–Trinajstić information content (AvgIpc) is 2.05. The van der Waals surface area contributed by atoms with Gasteiger partial charge >= 0.3 is 0 Å². The summed E-state index contributed by atoms with van der Waals surface area (Å²) < 4.78 is 0. The number of hydrazone groups is 1. The zero-order chi connectivity index (χ0) is 8.81. The van der Waals surface area contributed by atoms with Crippen molar-refractivity contribution in [3.8, 4) is 0 Å². The topological polar surface area (TPSA) is 41.5 Å². The maximum Gasteiger partial charge on any atom is 0.236 e. The fraction of sp³-hybridized carbons (Fsp3) is 0.556. The molecule has 0 spiro atoms. The predicted molar refractivity (Wildman–Crippen MR) is 48.8 cm³/mol. The van der Waals surface area contributed by atoms with Gasteiger partial charge < -0.3 is 0 Å². The third-order valence-corrected chi connectivity index (χ3v) is 1.82. The molecule has 0 aromatic carbocycles. The third kappa shape index (κ3) is 3.32. The van der Waals surface area contributed by atoms with Gasteiger partial charge in [0.1, 0.15) is 0 Å². The number of nitrogens with zero attached hydrogens (tertiary/aromatic N) is 1. The normalized spacial score (nSPS) is 22.9. The van der Waals surface area contributed by atoms with E-state index in [0.29, 0.717) is 5.92 Å². The van der Waals surface area contributed by atoms with Crippen molar-refractivity contribution in [1.29, 1.82) is 0 Å². The van der Waals surface area contributed by atoms with Gasteiger partial charge in [0.25, 0.3) is 0 Å². The van der Waals surface area contributed by atoms with Crippen LogP contribution in [-0.4, -0.2) is 12.1 Å². The van der Waals surface area contributed by atoms with Crippen LogP contribution >= 0.6 is 0 Å². The first-order chi connectivity index (χ1) is 5.79. The molecule has 0 bridgehead atoms. The Bertz CT molecular complexity index is 209. The summed E-state index contributed by atoms with van der Waals surface area (Å²) in [5, 5.41) is 3.84. The first-order valence-electron chi connectivity index (χ1n) is 4.24. The van der Waals surface area contributed by atoms with E-state index in [1.807, 2.05) is 6.21 Å². The number of carbonyl (C=O) groups is 1. The van der Waals surface area contributed by atoms with E-state index in [0.717, 1.165) is 19.3 Å². The van der Waals surface area contributed by atoms with Gasteiger partial charge in [-0.1, -0.05) is 12.2 Å². The van der Waals surface area contributed by atoms with Gasteiger partial charge in [-0.25, -0.2) is 5.43 Å². The summed E-state index contributed by atoms with van der Waals surface area (Å²) in [4.78, 5) is 10.4. The number of allylic oxidation sites excluding steroid dienone is 2. The highest BCUT2D eigenvalue weighted by molar-refractivity contribution is 5.74. The Morgan fingerprint density at radius 3 is 3.08 bits per heavy atom. The van der Waals surface area contributed by atoms with Crippen LogP contribution in [0.3, 0.4) is 0 Å². The van der Waals surface area contributed by atoms with E-state index < -0.39 is 0 Å². The number of amides is 1. The molecular weight excluding hydrogens is 152 g/mol. The molecule has 0 fully saturated rings. The van der Waals surface area contributed by atoms with Crippen molar-refractivity contribution in [3.05, 3.63) is 12.2 Å². The fourth-order valence-corrected chi connectivity index (χ4v) is 1.19. The highest BCUT2D eigenvalue weighted by Gasteiger charge is 2.05. The summed E-state index contributed by atoms with van der Waals surface area (Å²) in [6.07, 6.45) is 9.47. The maximum atomic E-state index is 10.4. The molecule has 1 rings (SSSR count). The monoisotopic (exact) mass is 166 g/mol. The summed E-state index contributed by atoms with van der Waals surface area (Å²) in [6.45, 7) is 1.46. The molecule has 1 aliphatic carbocycles.